The second kappa shape index (κ2) is 6.48. The lowest BCUT2D eigenvalue weighted by molar-refractivity contribution is -0.160. The Morgan fingerprint density at radius 2 is 2.08 bits per heavy atom. The second-order valence-corrected chi connectivity index (χ2v) is 8.43. The molecule has 1 heterocycles. The molecule has 142 valence electrons. The van der Waals surface area contributed by atoms with E-state index in [0.29, 0.717) is 30.8 Å². The van der Waals surface area contributed by atoms with Crippen molar-refractivity contribution in [3.8, 4) is 0 Å². The summed E-state index contributed by atoms with van der Waals surface area (Å²) in [6.07, 6.45) is 2.89. The van der Waals surface area contributed by atoms with E-state index in [4.69, 9.17) is 9.47 Å². The lowest BCUT2D eigenvalue weighted by Crippen LogP contribution is -2.41. The fourth-order valence-corrected chi connectivity index (χ4v) is 5.93. The van der Waals surface area contributed by atoms with E-state index in [1.54, 1.807) is 0 Å². The Labute approximate surface area is 152 Å². The van der Waals surface area contributed by atoms with Crippen LogP contribution in [0.25, 0.3) is 0 Å². The number of fused-ring (bicyclic) bond motifs is 1. The number of carbonyl (C=O) groups is 3. The normalized spacial score (nSPS) is 41.4. The molecule has 3 aliphatic carbocycles. The zero-order chi connectivity index (χ0) is 18.6. The summed E-state index contributed by atoms with van der Waals surface area (Å²) in [5, 5.41) is 9.50. The highest BCUT2D eigenvalue weighted by Gasteiger charge is 2.61. The number of aliphatic carboxylic acids is 1. The maximum atomic E-state index is 13.0. The summed E-state index contributed by atoms with van der Waals surface area (Å²) < 4.78 is 11.6. The first-order chi connectivity index (χ1) is 12.4. The molecule has 8 atom stereocenters. The number of esters is 1. The van der Waals surface area contributed by atoms with E-state index >= 15 is 0 Å². The topological polar surface area (TPSA) is 89.9 Å². The van der Waals surface area contributed by atoms with Crippen molar-refractivity contribution in [1.29, 1.82) is 0 Å². The number of hydrogen-bond acceptors (Lipinski definition) is 5. The molecule has 4 aliphatic rings. The van der Waals surface area contributed by atoms with E-state index in [1.165, 1.54) is 0 Å². The molecule has 4 rings (SSSR count). The van der Waals surface area contributed by atoms with Gasteiger partial charge >= 0.3 is 11.9 Å². The number of ether oxygens (including phenoxy) is 2. The number of ketones is 1. The van der Waals surface area contributed by atoms with Gasteiger partial charge in [-0.1, -0.05) is 13.5 Å². The van der Waals surface area contributed by atoms with Crippen LogP contribution in [0.5, 0.6) is 0 Å². The highest BCUT2D eigenvalue weighted by Crippen LogP contribution is 2.59. The second-order valence-electron chi connectivity index (χ2n) is 8.43. The molecule has 2 bridgehead atoms. The van der Waals surface area contributed by atoms with Crippen LogP contribution in [0.4, 0.5) is 0 Å². The zero-order valence-corrected chi connectivity index (χ0v) is 15.1. The van der Waals surface area contributed by atoms with Gasteiger partial charge in [0.1, 0.15) is 11.9 Å². The Hall–Kier alpha value is -1.69. The summed E-state index contributed by atoms with van der Waals surface area (Å²) in [7, 11) is 0. The lowest BCUT2D eigenvalue weighted by atomic mass is 9.73. The van der Waals surface area contributed by atoms with Gasteiger partial charge in [-0.05, 0) is 37.0 Å². The van der Waals surface area contributed by atoms with Crippen molar-refractivity contribution < 1.29 is 29.0 Å². The van der Waals surface area contributed by atoms with Crippen LogP contribution in [0.3, 0.4) is 0 Å². The number of hydrogen-bond donors (Lipinski definition) is 1. The molecule has 4 fully saturated rings. The molecule has 0 spiro atoms. The van der Waals surface area contributed by atoms with Gasteiger partial charge in [0.25, 0.3) is 0 Å². The van der Waals surface area contributed by atoms with Gasteiger partial charge in [-0.2, -0.15) is 0 Å². The molecule has 8 unspecified atom stereocenters. The average Bonchev–Trinajstić information content (AvgIpc) is 3.29. The number of carboxylic acids is 1. The van der Waals surface area contributed by atoms with Gasteiger partial charge in [0, 0.05) is 30.3 Å². The summed E-state index contributed by atoms with van der Waals surface area (Å²) in [5.41, 5.74) is -0.114. The summed E-state index contributed by atoms with van der Waals surface area (Å²) in [4.78, 5) is 36.4. The minimum atomic E-state index is -1.17. The first-order valence-corrected chi connectivity index (χ1v) is 9.66. The predicted molar refractivity (Wildman–Crippen MR) is 91.1 cm³/mol. The Bertz CT molecular complexity index is 653. The summed E-state index contributed by atoms with van der Waals surface area (Å²) in [6, 6.07) is 0. The molecule has 0 aromatic heterocycles. The fraction of sp³-hybridized carbons (Fsp3) is 0.750. The molecule has 26 heavy (non-hydrogen) atoms. The van der Waals surface area contributed by atoms with E-state index < -0.39 is 24.0 Å². The van der Waals surface area contributed by atoms with Crippen LogP contribution in [0.1, 0.15) is 39.0 Å². The molecule has 1 aliphatic heterocycles. The van der Waals surface area contributed by atoms with Gasteiger partial charge in [0.2, 0.25) is 0 Å². The summed E-state index contributed by atoms with van der Waals surface area (Å²) in [6.45, 7) is 6.37. The van der Waals surface area contributed by atoms with Crippen molar-refractivity contribution in [3.05, 3.63) is 12.2 Å². The molecule has 6 heteroatoms. The van der Waals surface area contributed by atoms with Crippen molar-refractivity contribution in [2.45, 2.75) is 51.2 Å². The standard InChI is InChI=1S/C20H26O6/c1-3-10-5-13(21)7-15(10)26-20(24)16(9(2)19(22)23)17-11-4-12-8-25-18(17)14(12)6-11/h10-12,14-18H,2-8H2,1H3,(H,22,23). The Balaban J connectivity index is 1.56. The molecule has 6 nitrogen and oxygen atoms in total. The Kier molecular flexibility index (Phi) is 4.41. The fourth-order valence-electron chi connectivity index (χ4n) is 5.93. The van der Waals surface area contributed by atoms with Crippen LogP contribution in [-0.2, 0) is 23.9 Å². The highest BCUT2D eigenvalue weighted by molar-refractivity contribution is 5.94. The Morgan fingerprint density at radius 1 is 1.31 bits per heavy atom. The van der Waals surface area contributed by atoms with Gasteiger partial charge < -0.3 is 14.6 Å². The first-order valence-electron chi connectivity index (χ1n) is 9.66. The first kappa shape index (κ1) is 17.7. The number of carboxylic acid groups (broad SMARTS) is 1. The van der Waals surface area contributed by atoms with Crippen LogP contribution in [-0.4, -0.2) is 41.6 Å². The molecular formula is C20H26O6. The van der Waals surface area contributed by atoms with Crippen LogP contribution in [0.2, 0.25) is 0 Å². The van der Waals surface area contributed by atoms with Crippen LogP contribution in [0, 0.1) is 35.5 Å². The van der Waals surface area contributed by atoms with Crippen LogP contribution in [0.15, 0.2) is 12.2 Å². The lowest BCUT2D eigenvalue weighted by Gasteiger charge is -2.33. The van der Waals surface area contributed by atoms with E-state index in [1.807, 2.05) is 6.92 Å². The third-order valence-corrected chi connectivity index (χ3v) is 7.16. The van der Waals surface area contributed by atoms with Gasteiger partial charge in [-0.25, -0.2) is 4.79 Å². The zero-order valence-electron chi connectivity index (χ0n) is 15.1. The molecule has 0 aromatic carbocycles. The minimum Gasteiger partial charge on any atom is -0.478 e. The van der Waals surface area contributed by atoms with Gasteiger partial charge in [0.05, 0.1) is 18.6 Å². The van der Waals surface area contributed by atoms with E-state index in [0.717, 1.165) is 19.3 Å². The van der Waals surface area contributed by atoms with Crippen molar-refractivity contribution in [2.75, 3.05) is 6.61 Å². The maximum Gasteiger partial charge on any atom is 0.331 e. The number of Topliss-reactive ketones (excluding diaryl/α,β-unsaturated/α-hetero) is 1. The molecular weight excluding hydrogens is 336 g/mol. The van der Waals surface area contributed by atoms with Crippen molar-refractivity contribution in [3.63, 3.8) is 0 Å². The van der Waals surface area contributed by atoms with E-state index in [-0.39, 0.29) is 35.7 Å². The molecule has 1 N–H and O–H groups in total. The SMILES string of the molecule is C=C(C(=O)O)C(C(=O)OC1CC(=O)CC1CC)C1C2CC3COC1C3C2. The largest absolute Gasteiger partial charge is 0.478 e. The van der Waals surface area contributed by atoms with Crippen LogP contribution >= 0.6 is 0 Å². The van der Waals surface area contributed by atoms with Gasteiger partial charge in [-0.3, -0.25) is 9.59 Å². The third-order valence-electron chi connectivity index (χ3n) is 7.16. The number of carbonyl (C=O) groups excluding carboxylic acids is 2. The number of rotatable bonds is 6. The predicted octanol–water partition coefficient (Wildman–Crippen LogP) is 2.22. The quantitative estimate of drug-likeness (QED) is 0.576. The van der Waals surface area contributed by atoms with Gasteiger partial charge in [-0.15, -0.1) is 0 Å². The summed E-state index contributed by atoms with van der Waals surface area (Å²) in [5.74, 6) is -1.38. The van der Waals surface area contributed by atoms with E-state index in [2.05, 4.69) is 6.58 Å². The summed E-state index contributed by atoms with van der Waals surface area (Å²) >= 11 is 0. The van der Waals surface area contributed by atoms with Gasteiger partial charge in [0.15, 0.2) is 0 Å². The molecule has 1 saturated heterocycles. The molecule has 0 amide bonds. The van der Waals surface area contributed by atoms with Crippen molar-refractivity contribution in [2.24, 2.45) is 35.5 Å². The van der Waals surface area contributed by atoms with E-state index in [9.17, 15) is 19.5 Å². The smallest absolute Gasteiger partial charge is 0.331 e. The average molecular weight is 362 g/mol. The molecule has 0 radical (unpaired) electrons. The van der Waals surface area contributed by atoms with Crippen molar-refractivity contribution >= 4 is 17.7 Å². The molecule has 0 aromatic rings. The monoisotopic (exact) mass is 362 g/mol. The molecule has 3 saturated carbocycles. The van der Waals surface area contributed by atoms with Crippen LogP contribution < -0.4 is 0 Å². The highest BCUT2D eigenvalue weighted by atomic mass is 16.5. The maximum absolute atomic E-state index is 13.0. The van der Waals surface area contributed by atoms with Crippen molar-refractivity contribution in [1.82, 2.24) is 0 Å². The third kappa shape index (κ3) is 2.70. The minimum absolute atomic E-state index is 0.0253. The Morgan fingerprint density at radius 3 is 2.77 bits per heavy atom.